The number of rotatable bonds is 3. The lowest BCUT2D eigenvalue weighted by molar-refractivity contribution is 1.09. The molecule has 0 saturated heterocycles. The van der Waals surface area contributed by atoms with Crippen molar-refractivity contribution in [2.75, 3.05) is 12.4 Å². The summed E-state index contributed by atoms with van der Waals surface area (Å²) >= 11 is 0. The Morgan fingerprint density at radius 1 is 1.33 bits per heavy atom. The molecule has 0 aromatic carbocycles. The molecule has 3 heteroatoms. The van der Waals surface area contributed by atoms with Gasteiger partial charge in [-0.3, -0.25) is 0 Å². The third-order valence-electron chi connectivity index (χ3n) is 1.84. The molecule has 0 unspecified atom stereocenters. The van der Waals surface area contributed by atoms with Gasteiger partial charge >= 0.3 is 0 Å². The second-order valence-electron chi connectivity index (χ2n) is 2.78. The molecule has 15 heavy (non-hydrogen) atoms. The van der Waals surface area contributed by atoms with Gasteiger partial charge < -0.3 is 5.32 Å². The van der Waals surface area contributed by atoms with Crippen LogP contribution in [0.25, 0.3) is 6.08 Å². The van der Waals surface area contributed by atoms with E-state index in [1.807, 2.05) is 27.8 Å². The van der Waals surface area contributed by atoms with Crippen molar-refractivity contribution in [3.63, 3.8) is 0 Å². The minimum Gasteiger partial charge on any atom is -0.373 e. The maximum absolute atomic E-state index is 4.14. The summed E-state index contributed by atoms with van der Waals surface area (Å²) in [7, 11) is 1.87. The van der Waals surface area contributed by atoms with Crippen molar-refractivity contribution >= 4 is 11.9 Å². The van der Waals surface area contributed by atoms with Crippen LogP contribution in [0, 0.1) is 6.92 Å². The van der Waals surface area contributed by atoms with Crippen molar-refractivity contribution in [1.29, 1.82) is 0 Å². The number of nitrogens with zero attached hydrogens (tertiary/aromatic N) is 2. The fourth-order valence-electron chi connectivity index (χ4n) is 1.12. The number of hydrogen-bond acceptors (Lipinski definition) is 3. The lowest BCUT2D eigenvalue weighted by atomic mass is 10.2. The molecular formula is C12H21N3. The van der Waals surface area contributed by atoms with Gasteiger partial charge in [0.1, 0.15) is 12.1 Å². The molecule has 1 aromatic rings. The minimum absolute atomic E-state index is 0.886. The van der Waals surface area contributed by atoms with E-state index in [1.165, 1.54) is 0 Å². The van der Waals surface area contributed by atoms with Crippen LogP contribution in [0.2, 0.25) is 0 Å². The third-order valence-corrected chi connectivity index (χ3v) is 1.84. The van der Waals surface area contributed by atoms with Crippen LogP contribution in [0.1, 0.15) is 38.4 Å². The fraction of sp³-hybridized carbons (Fsp3) is 0.500. The second-order valence-corrected chi connectivity index (χ2v) is 2.78. The Morgan fingerprint density at radius 2 is 2.00 bits per heavy atom. The van der Waals surface area contributed by atoms with Crippen LogP contribution < -0.4 is 5.32 Å². The van der Waals surface area contributed by atoms with Crippen molar-refractivity contribution in [3.8, 4) is 0 Å². The van der Waals surface area contributed by atoms with Gasteiger partial charge in [-0.25, -0.2) is 9.97 Å². The summed E-state index contributed by atoms with van der Waals surface area (Å²) in [5.41, 5.74) is 2.08. The lowest BCUT2D eigenvalue weighted by Crippen LogP contribution is -1.99. The Morgan fingerprint density at radius 3 is 2.53 bits per heavy atom. The van der Waals surface area contributed by atoms with Gasteiger partial charge in [-0.05, 0) is 13.3 Å². The first-order chi connectivity index (χ1) is 7.29. The first-order valence-corrected chi connectivity index (χ1v) is 5.45. The van der Waals surface area contributed by atoms with Crippen molar-refractivity contribution in [2.24, 2.45) is 0 Å². The van der Waals surface area contributed by atoms with Gasteiger partial charge in [0, 0.05) is 12.6 Å². The van der Waals surface area contributed by atoms with Crippen LogP contribution in [0.4, 0.5) is 5.82 Å². The summed E-state index contributed by atoms with van der Waals surface area (Å²) in [6.07, 6.45) is 6.76. The number of anilines is 1. The summed E-state index contributed by atoms with van der Waals surface area (Å²) in [5.74, 6) is 0.886. The topological polar surface area (TPSA) is 37.8 Å². The van der Waals surface area contributed by atoms with E-state index in [9.17, 15) is 0 Å². The highest BCUT2D eigenvalue weighted by atomic mass is 15.0. The molecule has 0 saturated carbocycles. The molecule has 1 N–H and O–H groups in total. The van der Waals surface area contributed by atoms with Gasteiger partial charge in [0.05, 0.1) is 5.69 Å². The van der Waals surface area contributed by atoms with Gasteiger partial charge in [0.15, 0.2) is 0 Å². The number of nitrogens with one attached hydrogen (secondary N) is 1. The molecule has 1 aromatic heterocycles. The van der Waals surface area contributed by atoms with Crippen molar-refractivity contribution in [3.05, 3.63) is 23.7 Å². The highest BCUT2D eigenvalue weighted by molar-refractivity contribution is 5.64. The number of aryl methyl sites for hydroxylation is 1. The summed E-state index contributed by atoms with van der Waals surface area (Å²) < 4.78 is 0. The normalized spacial score (nSPS) is 9.67. The zero-order valence-corrected chi connectivity index (χ0v) is 10.3. The Labute approximate surface area is 92.7 Å². The predicted molar refractivity (Wildman–Crippen MR) is 67.0 cm³/mol. The molecule has 0 amide bonds. The number of allylic oxidation sites excluding steroid dienone is 1. The molecule has 3 nitrogen and oxygen atoms in total. The molecule has 0 bridgehead atoms. The zero-order valence-electron chi connectivity index (χ0n) is 10.3. The van der Waals surface area contributed by atoms with Crippen LogP contribution in [0.15, 0.2) is 12.4 Å². The van der Waals surface area contributed by atoms with Crippen molar-refractivity contribution in [2.45, 2.75) is 34.1 Å². The molecule has 1 heterocycles. The average Bonchev–Trinajstić information content (AvgIpc) is 2.30. The number of hydrogen-bond donors (Lipinski definition) is 1. The molecule has 0 fully saturated rings. The standard InChI is InChI=1S/C10H15N3.C2H6/c1-4-5-6-9-8(2)12-7-13-10(9)11-3;1-2/h5-7H,4H2,1-3H3,(H,11,12,13);1-2H3/b6-5-;. The summed E-state index contributed by atoms with van der Waals surface area (Å²) in [6.45, 7) is 8.09. The van der Waals surface area contributed by atoms with Gasteiger partial charge in [-0.2, -0.15) is 0 Å². The Kier molecular flexibility index (Phi) is 7.24. The maximum Gasteiger partial charge on any atom is 0.136 e. The maximum atomic E-state index is 4.14. The van der Waals surface area contributed by atoms with E-state index < -0.39 is 0 Å². The molecule has 0 aliphatic carbocycles. The molecule has 1 rings (SSSR count). The van der Waals surface area contributed by atoms with Crippen LogP contribution in [-0.2, 0) is 0 Å². The fourth-order valence-corrected chi connectivity index (χ4v) is 1.12. The first-order valence-electron chi connectivity index (χ1n) is 5.45. The highest BCUT2D eigenvalue weighted by Gasteiger charge is 2.01. The van der Waals surface area contributed by atoms with E-state index in [1.54, 1.807) is 6.33 Å². The van der Waals surface area contributed by atoms with Crippen LogP contribution in [-0.4, -0.2) is 17.0 Å². The summed E-state index contributed by atoms with van der Waals surface area (Å²) in [6, 6.07) is 0. The molecule has 0 aliphatic heterocycles. The van der Waals surface area contributed by atoms with E-state index in [0.717, 1.165) is 23.5 Å². The molecule has 0 spiro atoms. The molecule has 0 atom stereocenters. The van der Waals surface area contributed by atoms with Crippen LogP contribution >= 0.6 is 0 Å². The largest absolute Gasteiger partial charge is 0.373 e. The SMILES string of the molecule is CC.CC/C=C\c1c(C)ncnc1NC. The summed E-state index contributed by atoms with van der Waals surface area (Å²) in [4.78, 5) is 8.28. The molecule has 0 radical (unpaired) electrons. The molecule has 0 aliphatic rings. The Bertz CT molecular complexity index is 306. The van der Waals surface area contributed by atoms with Gasteiger partial charge in [0.25, 0.3) is 0 Å². The Hall–Kier alpha value is -1.38. The second kappa shape index (κ2) is 7.97. The smallest absolute Gasteiger partial charge is 0.136 e. The minimum atomic E-state index is 0.886. The van der Waals surface area contributed by atoms with Gasteiger partial charge in [-0.15, -0.1) is 0 Å². The first kappa shape index (κ1) is 13.6. The van der Waals surface area contributed by atoms with Gasteiger partial charge in [-0.1, -0.05) is 32.9 Å². The van der Waals surface area contributed by atoms with Crippen LogP contribution in [0.3, 0.4) is 0 Å². The number of aromatic nitrogens is 2. The van der Waals surface area contributed by atoms with Crippen molar-refractivity contribution < 1.29 is 0 Å². The van der Waals surface area contributed by atoms with Crippen LogP contribution in [0.5, 0.6) is 0 Å². The highest BCUT2D eigenvalue weighted by Crippen LogP contribution is 2.15. The van der Waals surface area contributed by atoms with E-state index >= 15 is 0 Å². The van der Waals surface area contributed by atoms with Crippen molar-refractivity contribution in [1.82, 2.24) is 9.97 Å². The lowest BCUT2D eigenvalue weighted by Gasteiger charge is -2.05. The quantitative estimate of drug-likeness (QED) is 0.826. The third kappa shape index (κ3) is 4.11. The van der Waals surface area contributed by atoms with Gasteiger partial charge in [0.2, 0.25) is 0 Å². The van der Waals surface area contributed by atoms with E-state index in [0.29, 0.717) is 0 Å². The monoisotopic (exact) mass is 207 g/mol. The average molecular weight is 207 g/mol. The predicted octanol–water partition coefficient (Wildman–Crippen LogP) is 3.28. The molecule has 84 valence electrons. The van der Waals surface area contributed by atoms with E-state index in [-0.39, 0.29) is 0 Å². The zero-order chi connectivity index (χ0) is 11.7. The van der Waals surface area contributed by atoms with E-state index in [4.69, 9.17) is 0 Å². The van der Waals surface area contributed by atoms with E-state index in [2.05, 4.69) is 34.4 Å². The molecular weight excluding hydrogens is 186 g/mol. The Balaban J connectivity index is 0.000000921. The summed E-state index contributed by atoms with van der Waals surface area (Å²) in [5, 5.41) is 3.04.